The highest BCUT2D eigenvalue weighted by Crippen LogP contribution is 2.54. The molecule has 4 saturated carbocycles. The Morgan fingerprint density at radius 3 is 2.56 bits per heavy atom. The van der Waals surface area contributed by atoms with Crippen LogP contribution in [0.1, 0.15) is 46.0 Å². The summed E-state index contributed by atoms with van der Waals surface area (Å²) >= 11 is 3.44. The van der Waals surface area contributed by atoms with Crippen LogP contribution >= 0.6 is 15.9 Å². The average molecular weight is 407 g/mol. The fourth-order valence-corrected chi connectivity index (χ4v) is 5.90. The van der Waals surface area contributed by atoms with Crippen LogP contribution in [0.5, 0.6) is 5.75 Å². The van der Waals surface area contributed by atoms with Gasteiger partial charge in [-0.25, -0.2) is 0 Å². The van der Waals surface area contributed by atoms with Gasteiger partial charge in [0, 0.05) is 16.1 Å². The second-order valence-electron chi connectivity index (χ2n) is 8.90. The van der Waals surface area contributed by atoms with Gasteiger partial charge in [0.15, 0.2) is 5.60 Å². The fraction of sp³-hybridized carbons (Fsp3) is 0.650. The van der Waals surface area contributed by atoms with E-state index < -0.39 is 5.60 Å². The van der Waals surface area contributed by atoms with E-state index in [0.29, 0.717) is 17.6 Å². The molecule has 0 aromatic heterocycles. The number of carbonyl (C=O) groups excluding carboxylic acids is 1. The van der Waals surface area contributed by atoms with Crippen molar-refractivity contribution in [2.75, 3.05) is 0 Å². The van der Waals surface area contributed by atoms with Gasteiger partial charge in [-0.3, -0.25) is 4.79 Å². The number of halogens is 1. The Labute approximate surface area is 158 Å². The lowest BCUT2D eigenvalue weighted by Gasteiger charge is -2.59. The van der Waals surface area contributed by atoms with Gasteiger partial charge in [0.05, 0.1) is 0 Å². The van der Waals surface area contributed by atoms with E-state index in [1.807, 2.05) is 38.1 Å². The normalized spacial score (nSPS) is 36.3. The smallest absolute Gasteiger partial charge is 0.263 e. The maximum absolute atomic E-state index is 12.9. The molecular weight excluding hydrogens is 380 g/mol. The van der Waals surface area contributed by atoms with Crippen LogP contribution in [-0.4, -0.2) is 23.1 Å². The SMILES string of the molecule is CC(C)(Oc1cccc(Br)c1)C(=O)NC1[C@@H]2CC3C[C@H]1CC(N)(C3)C2. The molecule has 4 fully saturated rings. The maximum Gasteiger partial charge on any atom is 0.263 e. The van der Waals surface area contributed by atoms with Gasteiger partial charge in [0.2, 0.25) is 0 Å². The van der Waals surface area contributed by atoms with Gasteiger partial charge in [-0.1, -0.05) is 22.0 Å². The molecule has 0 radical (unpaired) electrons. The lowest BCUT2D eigenvalue weighted by Crippen LogP contribution is -2.66. The highest BCUT2D eigenvalue weighted by Gasteiger charge is 2.54. The molecule has 4 nitrogen and oxygen atoms in total. The largest absolute Gasteiger partial charge is 0.478 e. The number of amides is 1. The molecule has 25 heavy (non-hydrogen) atoms. The first-order valence-electron chi connectivity index (χ1n) is 9.29. The molecule has 4 aliphatic carbocycles. The van der Waals surface area contributed by atoms with Crippen LogP contribution < -0.4 is 15.8 Å². The molecule has 4 bridgehead atoms. The zero-order chi connectivity index (χ0) is 17.8. The Kier molecular flexibility index (Phi) is 4.15. The van der Waals surface area contributed by atoms with Gasteiger partial charge >= 0.3 is 0 Å². The first kappa shape index (κ1) is 17.3. The van der Waals surface area contributed by atoms with Crippen molar-refractivity contribution >= 4 is 21.8 Å². The number of nitrogens with two attached hydrogens (primary N) is 1. The minimum Gasteiger partial charge on any atom is -0.478 e. The van der Waals surface area contributed by atoms with Gasteiger partial charge in [0.25, 0.3) is 5.91 Å². The van der Waals surface area contributed by atoms with E-state index >= 15 is 0 Å². The van der Waals surface area contributed by atoms with E-state index in [9.17, 15) is 4.79 Å². The van der Waals surface area contributed by atoms with Crippen molar-refractivity contribution in [2.24, 2.45) is 23.5 Å². The molecule has 4 aliphatic rings. The molecule has 0 saturated heterocycles. The second kappa shape index (κ2) is 5.98. The third kappa shape index (κ3) is 3.33. The monoisotopic (exact) mass is 406 g/mol. The van der Waals surface area contributed by atoms with Crippen molar-refractivity contribution < 1.29 is 9.53 Å². The van der Waals surface area contributed by atoms with Gasteiger partial charge in [0.1, 0.15) is 5.75 Å². The summed E-state index contributed by atoms with van der Waals surface area (Å²) < 4.78 is 6.93. The standard InChI is InChI=1S/C20H27BrN2O2/c1-19(2,25-16-5-3-4-15(21)8-16)18(24)23-17-13-6-12-7-14(17)11-20(22,9-12)10-13/h3-5,8,12-14,17H,6-7,9-11,22H2,1-2H3,(H,23,24)/t12?,13-,14+,17?,20?. The first-order valence-corrected chi connectivity index (χ1v) is 10.1. The molecular formula is C20H27BrN2O2. The summed E-state index contributed by atoms with van der Waals surface area (Å²) in [6, 6.07) is 7.87. The van der Waals surface area contributed by atoms with Crippen LogP contribution in [0.15, 0.2) is 28.7 Å². The Morgan fingerprint density at radius 1 is 1.28 bits per heavy atom. The molecule has 0 heterocycles. The number of nitrogens with one attached hydrogen (secondary N) is 1. The molecule has 136 valence electrons. The summed E-state index contributed by atoms with van der Waals surface area (Å²) in [7, 11) is 0. The van der Waals surface area contributed by atoms with Crippen LogP contribution in [-0.2, 0) is 4.79 Å². The first-order chi connectivity index (χ1) is 11.7. The number of carbonyl (C=O) groups is 1. The number of hydrogen-bond acceptors (Lipinski definition) is 3. The van der Waals surface area contributed by atoms with Crippen molar-refractivity contribution in [3.63, 3.8) is 0 Å². The highest BCUT2D eigenvalue weighted by atomic mass is 79.9. The maximum atomic E-state index is 12.9. The Bertz CT molecular complexity index is 674. The summed E-state index contributed by atoms with van der Waals surface area (Å²) in [6.45, 7) is 3.67. The number of benzene rings is 1. The predicted molar refractivity (Wildman–Crippen MR) is 101 cm³/mol. The minimum absolute atomic E-state index is 0.0278. The summed E-state index contributed by atoms with van der Waals surface area (Å²) in [5.74, 6) is 2.49. The Balaban J connectivity index is 1.44. The van der Waals surface area contributed by atoms with Crippen molar-refractivity contribution in [1.82, 2.24) is 5.32 Å². The van der Waals surface area contributed by atoms with E-state index in [1.165, 1.54) is 19.3 Å². The van der Waals surface area contributed by atoms with Crippen LogP contribution in [0, 0.1) is 17.8 Å². The second-order valence-corrected chi connectivity index (χ2v) is 9.82. The lowest BCUT2D eigenvalue weighted by molar-refractivity contribution is -0.138. The number of rotatable bonds is 4. The molecule has 0 spiro atoms. The van der Waals surface area contributed by atoms with E-state index in [-0.39, 0.29) is 17.5 Å². The third-order valence-corrected chi connectivity index (χ3v) is 6.83. The number of ether oxygens (including phenoxy) is 1. The molecule has 5 heteroatoms. The van der Waals surface area contributed by atoms with Gasteiger partial charge in [-0.2, -0.15) is 0 Å². The molecule has 3 N–H and O–H groups in total. The Morgan fingerprint density at radius 2 is 1.96 bits per heavy atom. The summed E-state index contributed by atoms with van der Waals surface area (Å²) in [5, 5.41) is 3.32. The fourth-order valence-electron chi connectivity index (χ4n) is 5.52. The molecule has 1 amide bonds. The van der Waals surface area contributed by atoms with Crippen molar-refractivity contribution in [1.29, 1.82) is 0 Å². The Hall–Kier alpha value is -1.07. The van der Waals surface area contributed by atoms with E-state index in [0.717, 1.165) is 23.2 Å². The molecule has 5 atom stereocenters. The summed E-state index contributed by atoms with van der Waals surface area (Å²) in [6.07, 6.45) is 5.72. The molecule has 0 aliphatic heterocycles. The number of hydrogen-bond donors (Lipinski definition) is 2. The van der Waals surface area contributed by atoms with Crippen LogP contribution in [0.25, 0.3) is 0 Å². The van der Waals surface area contributed by atoms with Crippen molar-refractivity contribution in [3.05, 3.63) is 28.7 Å². The predicted octanol–water partition coefficient (Wildman–Crippen LogP) is 3.63. The van der Waals surface area contributed by atoms with Crippen molar-refractivity contribution in [2.45, 2.75) is 63.1 Å². The average Bonchev–Trinajstić information content (AvgIpc) is 2.48. The molecule has 1 aromatic carbocycles. The van der Waals surface area contributed by atoms with Gasteiger partial charge in [-0.05, 0) is 81.9 Å². The quantitative estimate of drug-likeness (QED) is 0.801. The molecule has 1 aromatic rings. The van der Waals surface area contributed by atoms with Crippen LogP contribution in [0.3, 0.4) is 0 Å². The summed E-state index contributed by atoms with van der Waals surface area (Å²) in [4.78, 5) is 12.9. The zero-order valence-corrected chi connectivity index (χ0v) is 16.5. The zero-order valence-electron chi connectivity index (χ0n) is 14.9. The van der Waals surface area contributed by atoms with Crippen LogP contribution in [0.2, 0.25) is 0 Å². The summed E-state index contributed by atoms with van der Waals surface area (Å²) in [5.41, 5.74) is 5.70. The van der Waals surface area contributed by atoms with E-state index in [2.05, 4.69) is 21.2 Å². The van der Waals surface area contributed by atoms with Crippen LogP contribution in [0.4, 0.5) is 0 Å². The van der Waals surface area contributed by atoms with Crippen molar-refractivity contribution in [3.8, 4) is 5.75 Å². The molecule has 3 unspecified atom stereocenters. The van der Waals surface area contributed by atoms with Gasteiger partial charge in [-0.15, -0.1) is 0 Å². The van der Waals surface area contributed by atoms with Gasteiger partial charge < -0.3 is 15.8 Å². The van der Waals surface area contributed by atoms with E-state index in [1.54, 1.807) is 0 Å². The third-order valence-electron chi connectivity index (χ3n) is 6.33. The topological polar surface area (TPSA) is 64.3 Å². The molecule has 5 rings (SSSR count). The minimum atomic E-state index is -0.907. The lowest BCUT2D eigenvalue weighted by atomic mass is 9.51. The van der Waals surface area contributed by atoms with E-state index in [4.69, 9.17) is 10.5 Å². The highest BCUT2D eigenvalue weighted by molar-refractivity contribution is 9.10.